The molecule has 0 saturated heterocycles. The number of benzene rings is 1. The Hall–Kier alpha value is -4.11. The van der Waals surface area contributed by atoms with E-state index < -0.39 is 5.97 Å². The topological polar surface area (TPSA) is 94.5 Å². The second-order valence-corrected chi connectivity index (χ2v) is 8.78. The van der Waals surface area contributed by atoms with Crippen LogP contribution >= 0.6 is 11.3 Å². The van der Waals surface area contributed by atoms with Crippen molar-refractivity contribution >= 4 is 34.0 Å². The molecule has 8 nitrogen and oxygen atoms in total. The molecule has 0 saturated carbocycles. The second kappa shape index (κ2) is 10.4. The van der Waals surface area contributed by atoms with E-state index in [0.29, 0.717) is 16.6 Å². The van der Waals surface area contributed by atoms with Gasteiger partial charge in [-0.2, -0.15) is 0 Å². The van der Waals surface area contributed by atoms with Gasteiger partial charge in [-0.05, 0) is 56.2 Å². The van der Waals surface area contributed by atoms with Gasteiger partial charge in [-0.25, -0.2) is 14.8 Å². The van der Waals surface area contributed by atoms with E-state index in [1.165, 1.54) is 30.7 Å². The van der Waals surface area contributed by atoms with Crippen molar-refractivity contribution < 1.29 is 19.1 Å². The first-order valence-electron chi connectivity index (χ1n) is 10.9. The predicted molar refractivity (Wildman–Crippen MR) is 133 cm³/mol. The zero-order chi connectivity index (χ0) is 24.9. The Labute approximate surface area is 207 Å². The maximum Gasteiger partial charge on any atom is 0.344 e. The maximum absolute atomic E-state index is 12.8. The van der Waals surface area contributed by atoms with E-state index in [9.17, 15) is 9.59 Å². The van der Waals surface area contributed by atoms with Crippen LogP contribution in [0.4, 0.5) is 10.8 Å². The normalized spacial score (nSPS) is 10.6. The van der Waals surface area contributed by atoms with Gasteiger partial charge in [-0.15, -0.1) is 11.3 Å². The molecular weight excluding hydrogens is 464 g/mol. The van der Waals surface area contributed by atoms with Gasteiger partial charge in [-0.1, -0.05) is 17.7 Å². The Kier molecular flexibility index (Phi) is 7.17. The zero-order valence-electron chi connectivity index (χ0n) is 19.8. The summed E-state index contributed by atoms with van der Waals surface area (Å²) in [4.78, 5) is 39.6. The zero-order valence-corrected chi connectivity index (χ0v) is 20.6. The smallest absolute Gasteiger partial charge is 0.344 e. The molecule has 0 bridgehead atoms. The summed E-state index contributed by atoms with van der Waals surface area (Å²) < 4.78 is 11.2. The SMILES string of the molecule is CC(=O)N(c1nc(COC(=O)c2cccnc2Oc2cccnc2)cs1)c1c(C)cc(C)cc1C. The first kappa shape index (κ1) is 24.0. The van der Waals surface area contributed by atoms with E-state index in [0.717, 1.165) is 22.4 Å². The Morgan fingerprint density at radius 1 is 1.06 bits per heavy atom. The van der Waals surface area contributed by atoms with E-state index in [1.807, 2.05) is 32.9 Å². The summed E-state index contributed by atoms with van der Waals surface area (Å²) in [5, 5.41) is 2.29. The molecular formula is C26H24N4O4S. The number of hydrogen-bond donors (Lipinski definition) is 0. The van der Waals surface area contributed by atoms with Crippen LogP contribution in [0.3, 0.4) is 0 Å². The molecule has 0 aliphatic carbocycles. The summed E-state index contributed by atoms with van der Waals surface area (Å²) in [5.74, 6) is -0.168. The van der Waals surface area contributed by atoms with E-state index >= 15 is 0 Å². The van der Waals surface area contributed by atoms with Crippen LogP contribution in [0.1, 0.15) is 39.7 Å². The lowest BCUT2D eigenvalue weighted by atomic mass is 10.0. The number of anilines is 2. The number of hydrogen-bond acceptors (Lipinski definition) is 8. The molecule has 0 fully saturated rings. The van der Waals surface area contributed by atoms with Crippen LogP contribution < -0.4 is 9.64 Å². The van der Waals surface area contributed by atoms with Crippen LogP contribution in [0.5, 0.6) is 11.6 Å². The summed E-state index contributed by atoms with van der Waals surface area (Å²) >= 11 is 1.31. The molecule has 3 heterocycles. The van der Waals surface area contributed by atoms with Crippen LogP contribution in [0.15, 0.2) is 60.4 Å². The average Bonchev–Trinajstić information content (AvgIpc) is 3.29. The molecule has 0 unspecified atom stereocenters. The number of carbonyl (C=O) groups excluding carboxylic acids is 2. The lowest BCUT2D eigenvalue weighted by molar-refractivity contribution is -0.115. The van der Waals surface area contributed by atoms with Crippen molar-refractivity contribution in [2.75, 3.05) is 4.90 Å². The van der Waals surface area contributed by atoms with Gasteiger partial charge in [-0.3, -0.25) is 14.7 Å². The molecule has 35 heavy (non-hydrogen) atoms. The third-order valence-corrected chi connectivity index (χ3v) is 5.97. The Morgan fingerprint density at radius 3 is 2.49 bits per heavy atom. The molecule has 3 aromatic heterocycles. The van der Waals surface area contributed by atoms with Crippen LogP contribution in [-0.2, 0) is 16.1 Å². The van der Waals surface area contributed by atoms with Crippen LogP contribution in [-0.4, -0.2) is 26.8 Å². The molecule has 0 aliphatic heterocycles. The van der Waals surface area contributed by atoms with Crippen molar-refractivity contribution in [3.05, 3.63) is 88.3 Å². The number of thiazole rings is 1. The number of amides is 1. The number of aromatic nitrogens is 3. The fourth-order valence-corrected chi connectivity index (χ4v) is 4.60. The summed E-state index contributed by atoms with van der Waals surface area (Å²) in [7, 11) is 0. The summed E-state index contributed by atoms with van der Waals surface area (Å²) in [6.45, 7) is 7.41. The molecule has 178 valence electrons. The Morgan fingerprint density at radius 2 is 1.80 bits per heavy atom. The lowest BCUT2D eigenvalue weighted by Crippen LogP contribution is -2.24. The molecule has 0 atom stereocenters. The first-order chi connectivity index (χ1) is 16.8. The number of nitrogens with zero attached hydrogens (tertiary/aromatic N) is 4. The van der Waals surface area contributed by atoms with Crippen molar-refractivity contribution in [2.24, 2.45) is 0 Å². The highest BCUT2D eigenvalue weighted by molar-refractivity contribution is 7.14. The van der Waals surface area contributed by atoms with Crippen molar-refractivity contribution in [1.29, 1.82) is 0 Å². The summed E-state index contributed by atoms with van der Waals surface area (Å²) in [6, 6.07) is 10.7. The second-order valence-electron chi connectivity index (χ2n) is 7.95. The van der Waals surface area contributed by atoms with Crippen molar-refractivity contribution in [3.63, 3.8) is 0 Å². The predicted octanol–water partition coefficient (Wildman–Crippen LogP) is 5.69. The monoisotopic (exact) mass is 488 g/mol. The quantitative estimate of drug-likeness (QED) is 0.308. The molecule has 1 aromatic carbocycles. The van der Waals surface area contributed by atoms with E-state index in [2.05, 4.69) is 15.0 Å². The van der Waals surface area contributed by atoms with Crippen molar-refractivity contribution in [1.82, 2.24) is 15.0 Å². The minimum atomic E-state index is -0.597. The number of esters is 1. The van der Waals surface area contributed by atoms with Crippen LogP contribution in [0.2, 0.25) is 0 Å². The van der Waals surface area contributed by atoms with Gasteiger partial charge in [0.05, 0.1) is 17.6 Å². The van der Waals surface area contributed by atoms with Gasteiger partial charge >= 0.3 is 5.97 Å². The minimum absolute atomic E-state index is 0.0613. The number of aryl methyl sites for hydroxylation is 3. The highest BCUT2D eigenvalue weighted by Crippen LogP contribution is 2.34. The van der Waals surface area contributed by atoms with Crippen molar-refractivity contribution in [2.45, 2.75) is 34.3 Å². The van der Waals surface area contributed by atoms with Crippen LogP contribution in [0, 0.1) is 20.8 Å². The van der Waals surface area contributed by atoms with Gasteiger partial charge in [0.1, 0.15) is 17.9 Å². The third kappa shape index (κ3) is 5.52. The average molecular weight is 489 g/mol. The Balaban J connectivity index is 1.50. The van der Waals surface area contributed by atoms with Crippen molar-refractivity contribution in [3.8, 4) is 11.6 Å². The molecule has 0 N–H and O–H groups in total. The largest absolute Gasteiger partial charge is 0.455 e. The number of ether oxygens (including phenoxy) is 2. The van der Waals surface area contributed by atoms with Gasteiger partial charge < -0.3 is 9.47 Å². The molecule has 0 spiro atoms. The lowest BCUT2D eigenvalue weighted by Gasteiger charge is -2.23. The van der Waals surface area contributed by atoms with Gasteiger partial charge in [0.25, 0.3) is 0 Å². The van der Waals surface area contributed by atoms with Gasteiger partial charge in [0.15, 0.2) is 5.13 Å². The van der Waals surface area contributed by atoms with Crippen LogP contribution in [0.25, 0.3) is 0 Å². The first-order valence-corrected chi connectivity index (χ1v) is 11.7. The molecule has 0 radical (unpaired) electrons. The van der Waals surface area contributed by atoms with Gasteiger partial charge in [0, 0.05) is 24.7 Å². The van der Waals surface area contributed by atoms with Gasteiger partial charge in [0.2, 0.25) is 11.8 Å². The third-order valence-electron chi connectivity index (χ3n) is 5.10. The number of pyridine rings is 2. The fraction of sp³-hybridized carbons (Fsp3) is 0.192. The summed E-state index contributed by atoms with van der Waals surface area (Å²) in [5.41, 5.74) is 4.63. The maximum atomic E-state index is 12.8. The highest BCUT2D eigenvalue weighted by Gasteiger charge is 2.22. The summed E-state index contributed by atoms with van der Waals surface area (Å²) in [6.07, 6.45) is 4.68. The van der Waals surface area contributed by atoms with E-state index in [-0.39, 0.29) is 24.0 Å². The fourth-order valence-electron chi connectivity index (χ4n) is 3.74. The highest BCUT2D eigenvalue weighted by atomic mass is 32.1. The Bertz CT molecular complexity index is 1350. The molecule has 4 rings (SSSR count). The number of carbonyl (C=O) groups is 2. The van der Waals surface area contributed by atoms with E-state index in [1.54, 1.807) is 40.7 Å². The molecule has 0 aliphatic rings. The molecule has 9 heteroatoms. The molecule has 1 amide bonds. The minimum Gasteiger partial charge on any atom is -0.455 e. The number of rotatable bonds is 7. The molecule has 4 aromatic rings. The standard InChI is InChI=1S/C26H24N4O4S/c1-16-11-17(2)23(18(3)12-16)30(19(4)31)26-29-20(15-35-26)14-33-25(32)22-8-6-10-28-24(22)34-21-7-5-9-27-13-21/h5-13,15H,14H2,1-4H3. The van der Waals surface area contributed by atoms with E-state index in [4.69, 9.17) is 9.47 Å².